The lowest BCUT2D eigenvalue weighted by atomic mass is 10.0. The number of carbonyl (C=O) groups excluding carboxylic acids is 1. The third-order valence-electron chi connectivity index (χ3n) is 4.52. The lowest BCUT2D eigenvalue weighted by Crippen LogP contribution is -2.22. The van der Waals surface area contributed by atoms with Gasteiger partial charge < -0.3 is 15.4 Å². The summed E-state index contributed by atoms with van der Waals surface area (Å²) in [7, 11) is -3.57. The molecule has 0 fully saturated rings. The van der Waals surface area contributed by atoms with Crippen LogP contribution in [0.2, 0.25) is 0 Å². The summed E-state index contributed by atoms with van der Waals surface area (Å²) in [6.45, 7) is 1.74. The Labute approximate surface area is 189 Å². The smallest absolute Gasteiger partial charge is 0.404 e. The van der Waals surface area contributed by atoms with E-state index in [2.05, 4.69) is 15.4 Å². The van der Waals surface area contributed by atoms with Crippen molar-refractivity contribution in [3.63, 3.8) is 0 Å². The third-order valence-corrected chi connectivity index (χ3v) is 6.43. The third kappa shape index (κ3) is 6.48. The van der Waals surface area contributed by atoms with Crippen molar-refractivity contribution < 1.29 is 31.1 Å². The molecule has 2 N–H and O–H groups in total. The zero-order valence-corrected chi connectivity index (χ0v) is 18.3. The number of rotatable bonds is 7. The van der Waals surface area contributed by atoms with Gasteiger partial charge in [-0.25, -0.2) is 13.2 Å². The zero-order chi connectivity index (χ0) is 24.1. The molecular formula is C23H21F3N2O4S. The van der Waals surface area contributed by atoms with Gasteiger partial charge in [-0.3, -0.25) is 0 Å². The maximum absolute atomic E-state index is 12.7. The van der Waals surface area contributed by atoms with E-state index in [0.29, 0.717) is 17.5 Å². The van der Waals surface area contributed by atoms with Crippen molar-refractivity contribution in [2.75, 3.05) is 16.4 Å². The highest BCUT2D eigenvalue weighted by atomic mass is 32.2. The zero-order valence-electron chi connectivity index (χ0n) is 17.5. The molecule has 0 aliphatic heterocycles. The lowest BCUT2D eigenvalue weighted by molar-refractivity contribution is -0.274. The molecule has 0 unspecified atom stereocenters. The minimum Gasteiger partial charge on any atom is -0.404 e. The van der Waals surface area contributed by atoms with Gasteiger partial charge in [0.25, 0.3) is 0 Å². The van der Waals surface area contributed by atoms with E-state index in [1.807, 2.05) is 0 Å². The van der Waals surface area contributed by atoms with Crippen LogP contribution in [-0.2, 0) is 9.84 Å². The molecule has 2 amide bonds. The number of nitrogens with one attached hydrogen (secondary N) is 2. The maximum atomic E-state index is 12.7. The summed E-state index contributed by atoms with van der Waals surface area (Å²) in [5.74, 6) is -0.645. The number of alkyl halides is 3. The van der Waals surface area contributed by atoms with Crippen LogP contribution in [0.4, 0.5) is 29.3 Å². The Balaban J connectivity index is 1.94. The molecule has 10 heteroatoms. The van der Waals surface area contributed by atoms with Gasteiger partial charge in [0, 0.05) is 5.56 Å². The summed E-state index contributed by atoms with van der Waals surface area (Å²) in [6.07, 6.45) is -4.52. The molecule has 0 aliphatic rings. The SMILES string of the molecule is CCCS(=O)(=O)c1ccc(-c2ccccc2)c(NC(=O)Nc2ccccc2OC(F)(F)F)c1. The fourth-order valence-corrected chi connectivity index (χ4v) is 4.48. The van der Waals surface area contributed by atoms with Crippen molar-refractivity contribution >= 4 is 27.2 Å². The first kappa shape index (κ1) is 24.1. The number of para-hydroxylation sites is 2. The number of sulfone groups is 1. The molecule has 0 aromatic heterocycles. The molecule has 33 heavy (non-hydrogen) atoms. The molecule has 3 aromatic rings. The van der Waals surface area contributed by atoms with Crippen LogP contribution < -0.4 is 15.4 Å². The molecule has 6 nitrogen and oxygen atoms in total. The normalized spacial score (nSPS) is 11.6. The van der Waals surface area contributed by atoms with Crippen molar-refractivity contribution in [3.05, 3.63) is 72.8 Å². The first-order valence-electron chi connectivity index (χ1n) is 9.94. The highest BCUT2D eigenvalue weighted by Gasteiger charge is 2.32. The second-order valence-corrected chi connectivity index (χ2v) is 9.12. The monoisotopic (exact) mass is 478 g/mol. The standard InChI is InChI=1S/C23H21F3N2O4S/c1-2-14-33(30,31)17-12-13-18(16-8-4-3-5-9-16)20(15-17)28-22(29)27-19-10-6-7-11-21(19)32-23(24,25)26/h3-13,15H,2,14H2,1H3,(H2,27,28,29). The Hall–Kier alpha value is -3.53. The molecule has 0 saturated heterocycles. The van der Waals surface area contributed by atoms with Crippen LogP contribution in [-0.4, -0.2) is 26.6 Å². The molecule has 0 aliphatic carbocycles. The first-order valence-corrected chi connectivity index (χ1v) is 11.6. The van der Waals surface area contributed by atoms with Crippen LogP contribution in [0.25, 0.3) is 11.1 Å². The Bertz CT molecular complexity index is 1230. The van der Waals surface area contributed by atoms with Gasteiger partial charge in [-0.05, 0) is 36.2 Å². The van der Waals surface area contributed by atoms with Gasteiger partial charge in [-0.2, -0.15) is 0 Å². The van der Waals surface area contributed by atoms with Crippen molar-refractivity contribution in [3.8, 4) is 16.9 Å². The van der Waals surface area contributed by atoms with E-state index in [1.54, 1.807) is 43.3 Å². The molecule has 0 radical (unpaired) electrons. The maximum Gasteiger partial charge on any atom is 0.573 e. The van der Waals surface area contributed by atoms with E-state index in [9.17, 15) is 26.4 Å². The number of hydrogen-bond donors (Lipinski definition) is 2. The average molecular weight is 478 g/mol. The van der Waals surface area contributed by atoms with E-state index in [-0.39, 0.29) is 22.0 Å². The van der Waals surface area contributed by atoms with Gasteiger partial charge in [0.1, 0.15) is 0 Å². The fraction of sp³-hybridized carbons (Fsp3) is 0.174. The number of ether oxygens (including phenoxy) is 1. The summed E-state index contributed by atoms with van der Waals surface area (Å²) in [6, 6.07) is 17.5. The van der Waals surface area contributed by atoms with E-state index in [4.69, 9.17) is 0 Å². The Morgan fingerprint density at radius 2 is 1.55 bits per heavy atom. The molecule has 0 atom stereocenters. The molecule has 3 aromatic carbocycles. The molecule has 0 bridgehead atoms. The average Bonchev–Trinajstić information content (AvgIpc) is 2.74. The molecule has 174 valence electrons. The number of amides is 2. The van der Waals surface area contributed by atoms with Gasteiger partial charge in [0.15, 0.2) is 15.6 Å². The quantitative estimate of drug-likeness (QED) is 0.431. The van der Waals surface area contributed by atoms with Crippen molar-refractivity contribution in [1.29, 1.82) is 0 Å². The van der Waals surface area contributed by atoms with E-state index in [1.165, 1.54) is 30.3 Å². The van der Waals surface area contributed by atoms with E-state index in [0.717, 1.165) is 6.07 Å². The molecular weight excluding hydrogens is 457 g/mol. The van der Waals surface area contributed by atoms with Crippen LogP contribution in [0.5, 0.6) is 5.75 Å². The summed E-state index contributed by atoms with van der Waals surface area (Å²) in [5, 5.41) is 4.87. The van der Waals surface area contributed by atoms with Gasteiger partial charge in [0.05, 0.1) is 22.0 Å². The van der Waals surface area contributed by atoms with Crippen LogP contribution >= 0.6 is 0 Å². The van der Waals surface area contributed by atoms with Crippen LogP contribution in [0.3, 0.4) is 0 Å². The summed E-state index contributed by atoms with van der Waals surface area (Å²) < 4.78 is 67.0. The molecule has 0 heterocycles. The second-order valence-electron chi connectivity index (χ2n) is 7.02. The topological polar surface area (TPSA) is 84.5 Å². The van der Waals surface area contributed by atoms with Crippen LogP contribution in [0.15, 0.2) is 77.7 Å². The Kier molecular flexibility index (Phi) is 7.27. The summed E-state index contributed by atoms with van der Waals surface area (Å²) >= 11 is 0. The fourth-order valence-electron chi connectivity index (χ4n) is 3.14. The highest BCUT2D eigenvalue weighted by Crippen LogP contribution is 2.33. The number of hydrogen-bond acceptors (Lipinski definition) is 4. The number of halogens is 3. The van der Waals surface area contributed by atoms with Gasteiger partial charge in [-0.15, -0.1) is 13.2 Å². The minimum atomic E-state index is -4.93. The highest BCUT2D eigenvalue weighted by molar-refractivity contribution is 7.91. The lowest BCUT2D eigenvalue weighted by Gasteiger charge is -2.16. The van der Waals surface area contributed by atoms with Crippen LogP contribution in [0.1, 0.15) is 13.3 Å². The number of carbonyl (C=O) groups is 1. The predicted molar refractivity (Wildman–Crippen MR) is 120 cm³/mol. The molecule has 3 rings (SSSR count). The van der Waals surface area contributed by atoms with Gasteiger partial charge >= 0.3 is 12.4 Å². The number of benzene rings is 3. The van der Waals surface area contributed by atoms with E-state index < -0.39 is 28.0 Å². The van der Waals surface area contributed by atoms with Crippen LogP contribution in [0, 0.1) is 0 Å². The predicted octanol–water partition coefficient (Wildman–Crippen LogP) is 6.08. The van der Waals surface area contributed by atoms with Crippen molar-refractivity contribution in [2.45, 2.75) is 24.6 Å². The minimum absolute atomic E-state index is 0.0279. The van der Waals surface area contributed by atoms with Gasteiger partial charge in [0.2, 0.25) is 0 Å². The van der Waals surface area contributed by atoms with Crippen molar-refractivity contribution in [1.82, 2.24) is 0 Å². The Morgan fingerprint density at radius 1 is 0.909 bits per heavy atom. The van der Waals surface area contributed by atoms with Crippen molar-refractivity contribution in [2.24, 2.45) is 0 Å². The molecule has 0 saturated carbocycles. The first-order chi connectivity index (χ1) is 15.6. The van der Waals surface area contributed by atoms with E-state index >= 15 is 0 Å². The summed E-state index contributed by atoms with van der Waals surface area (Å²) in [4.78, 5) is 12.7. The summed E-state index contributed by atoms with van der Waals surface area (Å²) in [5.41, 5.74) is 1.24. The van der Waals surface area contributed by atoms with Gasteiger partial charge in [-0.1, -0.05) is 55.5 Å². The second kappa shape index (κ2) is 9.95. The number of urea groups is 1. The Morgan fingerprint density at radius 3 is 2.21 bits per heavy atom. The largest absolute Gasteiger partial charge is 0.573 e. The molecule has 0 spiro atoms. The number of anilines is 2.